The summed E-state index contributed by atoms with van der Waals surface area (Å²) < 4.78 is 7.77. The zero-order valence-electron chi connectivity index (χ0n) is 10.2. The SMILES string of the molecule is COc1ccc(-c2nc3c(Br)cccn3c2N)cn1. The van der Waals surface area contributed by atoms with Gasteiger partial charge < -0.3 is 10.5 Å². The van der Waals surface area contributed by atoms with Gasteiger partial charge in [0.25, 0.3) is 0 Å². The molecule has 0 aliphatic heterocycles. The van der Waals surface area contributed by atoms with Crippen LogP contribution in [0.25, 0.3) is 16.9 Å². The van der Waals surface area contributed by atoms with Gasteiger partial charge in [-0.1, -0.05) is 0 Å². The third-order valence-corrected chi connectivity index (χ3v) is 3.48. The van der Waals surface area contributed by atoms with E-state index in [1.807, 2.05) is 28.8 Å². The second-order valence-electron chi connectivity index (χ2n) is 3.98. The number of anilines is 1. The van der Waals surface area contributed by atoms with Crippen molar-refractivity contribution in [3.05, 3.63) is 41.1 Å². The maximum atomic E-state index is 6.13. The van der Waals surface area contributed by atoms with E-state index in [-0.39, 0.29) is 0 Å². The topological polar surface area (TPSA) is 65.4 Å². The number of fused-ring (bicyclic) bond motifs is 1. The Morgan fingerprint density at radius 1 is 1.32 bits per heavy atom. The van der Waals surface area contributed by atoms with E-state index in [4.69, 9.17) is 10.5 Å². The molecule has 3 aromatic heterocycles. The molecule has 0 spiro atoms. The molecular weight excluding hydrogens is 308 g/mol. The molecule has 6 heteroatoms. The van der Waals surface area contributed by atoms with Crippen LogP contribution in [0.15, 0.2) is 41.1 Å². The molecule has 0 saturated heterocycles. The van der Waals surface area contributed by atoms with Crippen molar-refractivity contribution >= 4 is 27.4 Å². The van der Waals surface area contributed by atoms with Crippen LogP contribution in [-0.2, 0) is 0 Å². The minimum atomic E-state index is 0.562. The van der Waals surface area contributed by atoms with Gasteiger partial charge in [-0.15, -0.1) is 0 Å². The highest BCUT2D eigenvalue weighted by Crippen LogP contribution is 2.29. The Bertz CT molecular complexity index is 736. The minimum absolute atomic E-state index is 0.562. The van der Waals surface area contributed by atoms with Crippen LogP contribution in [0.3, 0.4) is 0 Å². The van der Waals surface area contributed by atoms with E-state index in [1.54, 1.807) is 19.4 Å². The first-order valence-corrected chi connectivity index (χ1v) is 6.42. The van der Waals surface area contributed by atoms with Gasteiger partial charge in [0, 0.05) is 24.0 Å². The molecule has 0 radical (unpaired) electrons. The summed E-state index contributed by atoms with van der Waals surface area (Å²) in [5.74, 6) is 1.15. The molecule has 5 nitrogen and oxygen atoms in total. The van der Waals surface area contributed by atoms with Crippen LogP contribution in [0.1, 0.15) is 0 Å². The van der Waals surface area contributed by atoms with Crippen molar-refractivity contribution in [2.45, 2.75) is 0 Å². The van der Waals surface area contributed by atoms with Gasteiger partial charge >= 0.3 is 0 Å². The van der Waals surface area contributed by atoms with Crippen molar-refractivity contribution in [1.82, 2.24) is 14.4 Å². The number of pyridine rings is 2. The molecule has 2 N–H and O–H groups in total. The monoisotopic (exact) mass is 318 g/mol. The molecule has 0 atom stereocenters. The summed E-state index contributed by atoms with van der Waals surface area (Å²) in [7, 11) is 1.58. The number of nitrogens with two attached hydrogens (primary N) is 1. The lowest BCUT2D eigenvalue weighted by molar-refractivity contribution is 0.398. The van der Waals surface area contributed by atoms with Crippen molar-refractivity contribution in [2.24, 2.45) is 0 Å². The Balaban J connectivity index is 2.19. The van der Waals surface area contributed by atoms with E-state index in [9.17, 15) is 0 Å². The van der Waals surface area contributed by atoms with Gasteiger partial charge in [0.05, 0.1) is 11.6 Å². The number of ether oxygens (including phenoxy) is 1. The summed E-state index contributed by atoms with van der Waals surface area (Å²) in [5.41, 5.74) is 8.48. The molecule has 0 aliphatic carbocycles. The Morgan fingerprint density at radius 3 is 2.79 bits per heavy atom. The molecule has 0 saturated carbocycles. The molecule has 0 bridgehead atoms. The van der Waals surface area contributed by atoms with Gasteiger partial charge in [-0.25, -0.2) is 9.97 Å². The van der Waals surface area contributed by atoms with Crippen LogP contribution in [0.5, 0.6) is 5.88 Å². The number of nitrogens with zero attached hydrogens (tertiary/aromatic N) is 3. The van der Waals surface area contributed by atoms with Gasteiger partial charge in [0.15, 0.2) is 5.65 Å². The fraction of sp³-hybridized carbons (Fsp3) is 0.0769. The zero-order chi connectivity index (χ0) is 13.4. The van der Waals surface area contributed by atoms with E-state index >= 15 is 0 Å². The minimum Gasteiger partial charge on any atom is -0.481 e. The van der Waals surface area contributed by atoms with Gasteiger partial charge in [-0.05, 0) is 34.1 Å². The normalized spacial score (nSPS) is 10.8. The first-order valence-electron chi connectivity index (χ1n) is 5.63. The van der Waals surface area contributed by atoms with E-state index in [1.165, 1.54) is 0 Å². The predicted molar refractivity (Wildman–Crippen MR) is 77.1 cm³/mol. The first-order chi connectivity index (χ1) is 9.20. The molecule has 0 aromatic carbocycles. The van der Waals surface area contributed by atoms with Crippen LogP contribution in [-0.4, -0.2) is 21.5 Å². The average Bonchev–Trinajstić information content (AvgIpc) is 2.78. The van der Waals surface area contributed by atoms with Crippen LogP contribution < -0.4 is 10.5 Å². The third-order valence-electron chi connectivity index (χ3n) is 2.86. The lowest BCUT2D eigenvalue weighted by Crippen LogP contribution is -1.94. The molecule has 0 unspecified atom stereocenters. The molecular formula is C13H11BrN4O. The standard InChI is InChI=1S/C13H11BrN4O/c1-19-10-5-4-8(7-16-10)11-12(15)18-6-2-3-9(14)13(18)17-11/h2-7H,15H2,1H3. The molecule has 0 amide bonds. The second kappa shape index (κ2) is 4.55. The van der Waals surface area contributed by atoms with Gasteiger partial charge in [-0.3, -0.25) is 4.40 Å². The summed E-state index contributed by atoms with van der Waals surface area (Å²) in [6.07, 6.45) is 3.58. The van der Waals surface area contributed by atoms with E-state index in [0.717, 1.165) is 15.7 Å². The van der Waals surface area contributed by atoms with E-state index in [2.05, 4.69) is 25.9 Å². The molecule has 96 valence electrons. The Morgan fingerprint density at radius 2 is 2.16 bits per heavy atom. The number of rotatable bonds is 2. The second-order valence-corrected chi connectivity index (χ2v) is 4.84. The Hall–Kier alpha value is -2.08. The molecule has 0 aliphatic rings. The number of halogens is 1. The Labute approximate surface area is 118 Å². The van der Waals surface area contributed by atoms with Crippen molar-refractivity contribution in [3.63, 3.8) is 0 Å². The van der Waals surface area contributed by atoms with Crippen LogP contribution in [0, 0.1) is 0 Å². The lowest BCUT2D eigenvalue weighted by atomic mass is 10.2. The molecule has 3 heterocycles. The fourth-order valence-electron chi connectivity index (χ4n) is 1.91. The molecule has 3 aromatic rings. The maximum Gasteiger partial charge on any atom is 0.212 e. The summed E-state index contributed by atoms with van der Waals surface area (Å²) in [5, 5.41) is 0. The summed E-state index contributed by atoms with van der Waals surface area (Å²) >= 11 is 3.47. The number of nitrogen functional groups attached to an aromatic ring is 1. The lowest BCUT2D eigenvalue weighted by Gasteiger charge is -2.01. The highest BCUT2D eigenvalue weighted by atomic mass is 79.9. The first kappa shape index (κ1) is 12.0. The summed E-state index contributed by atoms with van der Waals surface area (Å²) in [6, 6.07) is 7.51. The smallest absolute Gasteiger partial charge is 0.212 e. The highest BCUT2D eigenvalue weighted by Gasteiger charge is 2.13. The van der Waals surface area contributed by atoms with Gasteiger partial charge in [0.1, 0.15) is 11.5 Å². The van der Waals surface area contributed by atoms with Crippen LogP contribution >= 0.6 is 15.9 Å². The third kappa shape index (κ3) is 1.94. The van der Waals surface area contributed by atoms with Crippen molar-refractivity contribution < 1.29 is 4.74 Å². The Kier molecular flexibility index (Phi) is 2.87. The van der Waals surface area contributed by atoms with Crippen LogP contribution in [0.4, 0.5) is 5.82 Å². The number of hydrogen-bond acceptors (Lipinski definition) is 4. The van der Waals surface area contributed by atoms with Gasteiger partial charge in [-0.2, -0.15) is 0 Å². The number of hydrogen-bond donors (Lipinski definition) is 1. The predicted octanol–water partition coefficient (Wildman–Crippen LogP) is 2.75. The van der Waals surface area contributed by atoms with E-state index in [0.29, 0.717) is 17.4 Å². The van der Waals surface area contributed by atoms with Crippen molar-refractivity contribution in [2.75, 3.05) is 12.8 Å². The average molecular weight is 319 g/mol. The van der Waals surface area contributed by atoms with Gasteiger partial charge in [0.2, 0.25) is 5.88 Å². The summed E-state index contributed by atoms with van der Waals surface area (Å²) in [6.45, 7) is 0. The van der Waals surface area contributed by atoms with Crippen molar-refractivity contribution in [3.8, 4) is 17.1 Å². The number of methoxy groups -OCH3 is 1. The maximum absolute atomic E-state index is 6.13. The van der Waals surface area contributed by atoms with Crippen LogP contribution in [0.2, 0.25) is 0 Å². The highest BCUT2D eigenvalue weighted by molar-refractivity contribution is 9.10. The van der Waals surface area contributed by atoms with E-state index < -0.39 is 0 Å². The quantitative estimate of drug-likeness (QED) is 0.789. The largest absolute Gasteiger partial charge is 0.481 e. The zero-order valence-corrected chi connectivity index (χ0v) is 11.8. The summed E-state index contributed by atoms with van der Waals surface area (Å²) in [4.78, 5) is 8.72. The molecule has 19 heavy (non-hydrogen) atoms. The van der Waals surface area contributed by atoms with Crippen molar-refractivity contribution in [1.29, 1.82) is 0 Å². The molecule has 3 rings (SSSR count). The number of aromatic nitrogens is 3. The number of imidazole rings is 1. The molecule has 0 fully saturated rings. The fourth-order valence-corrected chi connectivity index (χ4v) is 2.34.